The monoisotopic (exact) mass is 290 g/mol. The van der Waals surface area contributed by atoms with Gasteiger partial charge in [0.25, 0.3) is 0 Å². The molecule has 120 valence electrons. The Labute approximate surface area is 131 Å². The molecule has 1 rings (SSSR count). The minimum atomic E-state index is 0.445. The Morgan fingerprint density at radius 3 is 2.19 bits per heavy atom. The van der Waals surface area contributed by atoms with E-state index in [9.17, 15) is 0 Å². The van der Waals surface area contributed by atoms with Crippen molar-refractivity contribution in [1.82, 2.24) is 10.2 Å². The molecule has 0 saturated heterocycles. The summed E-state index contributed by atoms with van der Waals surface area (Å²) in [6.45, 7) is 15.7. The molecule has 0 bridgehead atoms. The predicted octanol–water partition coefficient (Wildman–Crippen LogP) is 4.47. The molecule has 0 heterocycles. The van der Waals surface area contributed by atoms with Crippen molar-refractivity contribution in [2.45, 2.75) is 59.9 Å². The summed E-state index contributed by atoms with van der Waals surface area (Å²) in [5.74, 6) is 0. The second-order valence-electron chi connectivity index (χ2n) is 6.17. The zero-order chi connectivity index (χ0) is 15.7. The molecule has 0 aromatic heterocycles. The molecule has 1 aromatic carbocycles. The molecule has 1 unspecified atom stereocenters. The standard InChI is InChI=1S/C19H34N2/c1-6-9-11-21(8-3)15-19(20-10-7-2)18-13-16(4)12-17(5)14-18/h12-14,19-20H,6-11,15H2,1-5H3. The first-order valence-electron chi connectivity index (χ1n) is 8.64. The molecule has 21 heavy (non-hydrogen) atoms. The van der Waals surface area contributed by atoms with Gasteiger partial charge in [0.15, 0.2) is 0 Å². The lowest BCUT2D eigenvalue weighted by atomic mass is 10.0. The fraction of sp³-hybridized carbons (Fsp3) is 0.684. The molecule has 0 saturated carbocycles. The Kier molecular flexibility index (Phi) is 8.63. The lowest BCUT2D eigenvalue weighted by molar-refractivity contribution is 0.250. The summed E-state index contributed by atoms with van der Waals surface area (Å²) in [5, 5.41) is 3.74. The Morgan fingerprint density at radius 2 is 1.67 bits per heavy atom. The minimum absolute atomic E-state index is 0.445. The Bertz CT molecular complexity index is 380. The zero-order valence-corrected chi connectivity index (χ0v) is 14.7. The van der Waals surface area contributed by atoms with E-state index in [0.29, 0.717) is 6.04 Å². The highest BCUT2D eigenvalue weighted by Crippen LogP contribution is 2.18. The third-order valence-corrected chi connectivity index (χ3v) is 4.00. The molecule has 2 nitrogen and oxygen atoms in total. The fourth-order valence-corrected chi connectivity index (χ4v) is 2.84. The summed E-state index contributed by atoms with van der Waals surface area (Å²) in [5.41, 5.74) is 4.17. The van der Waals surface area contributed by atoms with Gasteiger partial charge in [0.2, 0.25) is 0 Å². The molecule has 0 aliphatic heterocycles. The lowest BCUT2D eigenvalue weighted by Crippen LogP contribution is -2.36. The van der Waals surface area contributed by atoms with Crippen LogP contribution in [0, 0.1) is 13.8 Å². The number of likely N-dealkylation sites (N-methyl/N-ethyl adjacent to an activating group) is 1. The number of hydrogen-bond donors (Lipinski definition) is 1. The van der Waals surface area contributed by atoms with Crippen LogP contribution in [0.15, 0.2) is 18.2 Å². The molecule has 2 heteroatoms. The summed E-state index contributed by atoms with van der Waals surface area (Å²) in [6, 6.07) is 7.39. The van der Waals surface area contributed by atoms with Crippen molar-refractivity contribution >= 4 is 0 Å². The smallest absolute Gasteiger partial charge is 0.0449 e. The van der Waals surface area contributed by atoms with E-state index in [-0.39, 0.29) is 0 Å². The minimum Gasteiger partial charge on any atom is -0.309 e. The van der Waals surface area contributed by atoms with Crippen LogP contribution in [0.25, 0.3) is 0 Å². The van der Waals surface area contributed by atoms with Gasteiger partial charge in [-0.05, 0) is 51.9 Å². The zero-order valence-electron chi connectivity index (χ0n) is 14.7. The van der Waals surface area contributed by atoms with Gasteiger partial charge in [-0.1, -0.05) is 56.5 Å². The molecular formula is C19H34N2. The van der Waals surface area contributed by atoms with Crippen LogP contribution < -0.4 is 5.32 Å². The van der Waals surface area contributed by atoms with Crippen molar-refractivity contribution in [3.63, 3.8) is 0 Å². The van der Waals surface area contributed by atoms with Crippen LogP contribution in [-0.2, 0) is 0 Å². The molecule has 0 aliphatic carbocycles. The average molecular weight is 290 g/mol. The van der Waals surface area contributed by atoms with Crippen molar-refractivity contribution in [1.29, 1.82) is 0 Å². The lowest BCUT2D eigenvalue weighted by Gasteiger charge is -2.28. The van der Waals surface area contributed by atoms with E-state index in [0.717, 1.165) is 19.6 Å². The molecular weight excluding hydrogens is 256 g/mol. The third-order valence-electron chi connectivity index (χ3n) is 4.00. The van der Waals surface area contributed by atoms with Crippen LogP contribution in [0.1, 0.15) is 62.8 Å². The highest BCUT2D eigenvalue weighted by Gasteiger charge is 2.15. The van der Waals surface area contributed by atoms with E-state index in [2.05, 4.69) is 63.0 Å². The van der Waals surface area contributed by atoms with Gasteiger partial charge in [-0.2, -0.15) is 0 Å². The molecule has 1 aromatic rings. The van der Waals surface area contributed by atoms with Gasteiger partial charge in [0.1, 0.15) is 0 Å². The number of benzene rings is 1. The Balaban J connectivity index is 2.82. The van der Waals surface area contributed by atoms with E-state index in [4.69, 9.17) is 0 Å². The van der Waals surface area contributed by atoms with Crippen LogP contribution in [-0.4, -0.2) is 31.1 Å². The molecule has 0 amide bonds. The molecule has 1 N–H and O–H groups in total. The van der Waals surface area contributed by atoms with Crippen molar-refractivity contribution in [3.8, 4) is 0 Å². The first-order valence-corrected chi connectivity index (χ1v) is 8.64. The van der Waals surface area contributed by atoms with Crippen LogP contribution in [0.2, 0.25) is 0 Å². The second-order valence-corrected chi connectivity index (χ2v) is 6.17. The summed E-state index contributed by atoms with van der Waals surface area (Å²) in [4.78, 5) is 2.58. The Morgan fingerprint density at radius 1 is 1.00 bits per heavy atom. The van der Waals surface area contributed by atoms with Gasteiger partial charge in [0, 0.05) is 12.6 Å². The highest BCUT2D eigenvalue weighted by molar-refractivity contribution is 5.31. The van der Waals surface area contributed by atoms with Crippen LogP contribution in [0.5, 0.6) is 0 Å². The number of nitrogens with zero attached hydrogens (tertiary/aromatic N) is 1. The van der Waals surface area contributed by atoms with Crippen molar-refractivity contribution in [2.75, 3.05) is 26.2 Å². The molecule has 0 spiro atoms. The van der Waals surface area contributed by atoms with Gasteiger partial charge < -0.3 is 10.2 Å². The van der Waals surface area contributed by atoms with Crippen LogP contribution in [0.3, 0.4) is 0 Å². The quantitative estimate of drug-likeness (QED) is 0.684. The number of nitrogens with one attached hydrogen (secondary N) is 1. The van der Waals surface area contributed by atoms with Crippen LogP contribution in [0.4, 0.5) is 0 Å². The average Bonchev–Trinajstić information content (AvgIpc) is 2.45. The first kappa shape index (κ1) is 18.2. The maximum atomic E-state index is 3.74. The number of unbranched alkanes of at least 4 members (excludes halogenated alkanes) is 1. The maximum Gasteiger partial charge on any atom is 0.0449 e. The third kappa shape index (κ3) is 6.62. The van der Waals surface area contributed by atoms with Gasteiger partial charge in [0.05, 0.1) is 0 Å². The first-order chi connectivity index (χ1) is 10.1. The summed E-state index contributed by atoms with van der Waals surface area (Å²) >= 11 is 0. The Hall–Kier alpha value is -0.860. The number of aryl methyl sites for hydroxylation is 2. The number of rotatable bonds is 10. The molecule has 0 radical (unpaired) electrons. The maximum absolute atomic E-state index is 3.74. The SMILES string of the molecule is CCCCN(CC)CC(NCCC)c1cc(C)cc(C)c1. The van der Waals surface area contributed by atoms with Crippen LogP contribution >= 0.6 is 0 Å². The summed E-state index contributed by atoms with van der Waals surface area (Å²) in [6.07, 6.45) is 3.75. The molecule has 0 aliphatic rings. The van der Waals surface area contributed by atoms with E-state index in [1.54, 1.807) is 0 Å². The molecule has 1 atom stereocenters. The van der Waals surface area contributed by atoms with Gasteiger partial charge in [-0.15, -0.1) is 0 Å². The van der Waals surface area contributed by atoms with E-state index in [1.807, 2.05) is 0 Å². The van der Waals surface area contributed by atoms with Crippen molar-refractivity contribution in [2.24, 2.45) is 0 Å². The summed E-state index contributed by atoms with van der Waals surface area (Å²) < 4.78 is 0. The van der Waals surface area contributed by atoms with E-state index < -0.39 is 0 Å². The van der Waals surface area contributed by atoms with Gasteiger partial charge in [-0.3, -0.25) is 0 Å². The topological polar surface area (TPSA) is 15.3 Å². The van der Waals surface area contributed by atoms with E-state index in [1.165, 1.54) is 42.5 Å². The van der Waals surface area contributed by atoms with Crippen molar-refractivity contribution < 1.29 is 0 Å². The summed E-state index contributed by atoms with van der Waals surface area (Å²) in [7, 11) is 0. The largest absolute Gasteiger partial charge is 0.309 e. The van der Waals surface area contributed by atoms with Gasteiger partial charge in [-0.25, -0.2) is 0 Å². The molecule has 0 fully saturated rings. The van der Waals surface area contributed by atoms with E-state index >= 15 is 0 Å². The fourth-order valence-electron chi connectivity index (χ4n) is 2.84. The predicted molar refractivity (Wildman–Crippen MR) is 94.0 cm³/mol. The highest BCUT2D eigenvalue weighted by atomic mass is 15.1. The second kappa shape index (κ2) is 9.97. The van der Waals surface area contributed by atoms with Crippen molar-refractivity contribution in [3.05, 3.63) is 34.9 Å². The number of hydrogen-bond acceptors (Lipinski definition) is 2. The van der Waals surface area contributed by atoms with Gasteiger partial charge >= 0.3 is 0 Å². The normalized spacial score (nSPS) is 12.9.